The molecule has 0 saturated carbocycles. The van der Waals surface area contributed by atoms with E-state index in [0.29, 0.717) is 17.5 Å². The van der Waals surface area contributed by atoms with Crippen molar-refractivity contribution in [2.75, 3.05) is 11.5 Å². The van der Waals surface area contributed by atoms with Crippen molar-refractivity contribution in [1.29, 1.82) is 0 Å². The van der Waals surface area contributed by atoms with E-state index >= 15 is 0 Å². The molecule has 120 valence electrons. The van der Waals surface area contributed by atoms with Crippen LogP contribution in [0.2, 0.25) is 0 Å². The lowest BCUT2D eigenvalue weighted by atomic mass is 10.2. The predicted octanol–water partition coefficient (Wildman–Crippen LogP) is 2.60. The molecule has 0 heterocycles. The Morgan fingerprint density at radius 1 is 1.19 bits per heavy atom. The first-order chi connectivity index (χ1) is 9.86. The summed E-state index contributed by atoms with van der Waals surface area (Å²) in [4.78, 5) is 0.367. The lowest BCUT2D eigenvalue weighted by molar-refractivity contribution is 0.561. The summed E-state index contributed by atoms with van der Waals surface area (Å²) in [7, 11) is -3.47. The summed E-state index contributed by atoms with van der Waals surface area (Å²) >= 11 is 1.73. The second-order valence-corrected chi connectivity index (χ2v) is 8.33. The largest absolute Gasteiger partial charge is 0.310 e. The topological polar surface area (TPSA) is 58.2 Å². The normalized spacial score (nSPS) is 13.6. The third-order valence-electron chi connectivity index (χ3n) is 2.89. The fourth-order valence-corrected chi connectivity index (χ4v) is 4.14. The van der Waals surface area contributed by atoms with Crippen LogP contribution in [0.25, 0.3) is 0 Å². The Hall–Kier alpha value is -0.560. The van der Waals surface area contributed by atoms with Gasteiger partial charge < -0.3 is 5.32 Å². The molecule has 0 saturated heterocycles. The molecule has 0 aliphatic heterocycles. The number of hydrogen-bond donors (Lipinski definition) is 2. The van der Waals surface area contributed by atoms with Gasteiger partial charge >= 0.3 is 0 Å². The lowest BCUT2D eigenvalue weighted by Gasteiger charge is -2.17. The van der Waals surface area contributed by atoms with Gasteiger partial charge in [-0.25, -0.2) is 13.1 Å². The van der Waals surface area contributed by atoms with Crippen molar-refractivity contribution in [3.63, 3.8) is 0 Å². The van der Waals surface area contributed by atoms with Crippen LogP contribution >= 0.6 is 11.8 Å². The number of nitrogens with one attached hydrogen (secondary N) is 2. The van der Waals surface area contributed by atoms with Crippen molar-refractivity contribution >= 4 is 21.8 Å². The molecule has 0 radical (unpaired) electrons. The summed E-state index contributed by atoms with van der Waals surface area (Å²) in [5.74, 6) is 1.77. The molecule has 1 aromatic rings. The van der Waals surface area contributed by atoms with Crippen LogP contribution in [0.3, 0.4) is 0 Å². The average molecular weight is 331 g/mol. The van der Waals surface area contributed by atoms with Gasteiger partial charge in [-0.05, 0) is 24.3 Å². The van der Waals surface area contributed by atoms with Crippen molar-refractivity contribution < 1.29 is 8.42 Å². The van der Waals surface area contributed by atoms with E-state index in [1.165, 1.54) is 0 Å². The molecule has 0 aliphatic carbocycles. The highest BCUT2D eigenvalue weighted by Gasteiger charge is 2.20. The van der Waals surface area contributed by atoms with Gasteiger partial charge in [0.2, 0.25) is 10.0 Å². The fourth-order valence-electron chi connectivity index (χ4n) is 1.88. The van der Waals surface area contributed by atoms with Gasteiger partial charge in [-0.3, -0.25) is 0 Å². The van der Waals surface area contributed by atoms with Crippen LogP contribution in [0.4, 0.5) is 0 Å². The van der Waals surface area contributed by atoms with Crippen molar-refractivity contribution in [1.82, 2.24) is 10.0 Å². The molecule has 0 bridgehead atoms. The maximum atomic E-state index is 12.5. The number of thioether (sulfide) groups is 1. The number of sulfonamides is 1. The molecule has 0 aliphatic rings. The molecule has 0 fully saturated rings. The Kier molecular flexibility index (Phi) is 7.73. The van der Waals surface area contributed by atoms with Gasteiger partial charge in [-0.15, -0.1) is 0 Å². The molecular formula is C15H26N2O2S2. The van der Waals surface area contributed by atoms with Crippen LogP contribution in [-0.2, 0) is 16.6 Å². The minimum absolute atomic E-state index is 0.0777. The van der Waals surface area contributed by atoms with Crippen molar-refractivity contribution in [2.24, 2.45) is 0 Å². The van der Waals surface area contributed by atoms with Crippen molar-refractivity contribution in [3.8, 4) is 0 Å². The zero-order valence-corrected chi connectivity index (χ0v) is 14.9. The maximum absolute atomic E-state index is 12.5. The first-order valence-electron chi connectivity index (χ1n) is 7.28. The highest BCUT2D eigenvalue weighted by atomic mass is 32.2. The van der Waals surface area contributed by atoms with E-state index in [0.717, 1.165) is 17.1 Å². The predicted molar refractivity (Wildman–Crippen MR) is 91.2 cm³/mol. The number of rotatable bonds is 9. The summed E-state index contributed by atoms with van der Waals surface area (Å²) in [6, 6.07) is 7.39. The third kappa shape index (κ3) is 6.38. The van der Waals surface area contributed by atoms with E-state index in [9.17, 15) is 8.42 Å². The molecule has 0 aromatic heterocycles. The van der Waals surface area contributed by atoms with Gasteiger partial charge in [0.15, 0.2) is 0 Å². The lowest BCUT2D eigenvalue weighted by Crippen LogP contribution is -2.35. The summed E-state index contributed by atoms with van der Waals surface area (Å²) in [6.07, 6.45) is 0. The molecule has 6 heteroatoms. The molecule has 1 atom stereocenters. The van der Waals surface area contributed by atoms with Crippen LogP contribution in [-0.4, -0.2) is 32.0 Å². The Labute approximate surface area is 133 Å². The van der Waals surface area contributed by atoms with Crippen LogP contribution in [0.15, 0.2) is 29.2 Å². The molecule has 0 spiro atoms. The Bertz CT molecular complexity index is 530. The van der Waals surface area contributed by atoms with Gasteiger partial charge in [0, 0.05) is 24.4 Å². The van der Waals surface area contributed by atoms with Gasteiger partial charge in [-0.1, -0.05) is 39.0 Å². The van der Waals surface area contributed by atoms with E-state index in [4.69, 9.17) is 0 Å². The first kappa shape index (κ1) is 18.5. The van der Waals surface area contributed by atoms with Crippen LogP contribution in [0, 0.1) is 0 Å². The molecule has 21 heavy (non-hydrogen) atoms. The third-order valence-corrected chi connectivity index (χ3v) is 5.73. The molecule has 4 nitrogen and oxygen atoms in total. The quantitative estimate of drug-likeness (QED) is 0.731. The standard InChI is InChI=1S/C15H26N2O2S2/c1-5-20-11-13(4)17-21(18,19)15-9-7-6-8-14(15)10-16-12(2)3/h6-9,12-13,16-17H,5,10-11H2,1-4H3. The highest BCUT2D eigenvalue weighted by Crippen LogP contribution is 2.16. The molecule has 0 amide bonds. The van der Waals surface area contributed by atoms with Gasteiger partial charge in [0.25, 0.3) is 0 Å². The summed E-state index contributed by atoms with van der Waals surface area (Å²) < 4.78 is 27.8. The number of hydrogen-bond acceptors (Lipinski definition) is 4. The van der Waals surface area contributed by atoms with Gasteiger partial charge in [0.1, 0.15) is 0 Å². The minimum atomic E-state index is -3.47. The van der Waals surface area contributed by atoms with Crippen LogP contribution in [0.1, 0.15) is 33.3 Å². The van der Waals surface area contributed by atoms with E-state index in [1.54, 1.807) is 23.9 Å². The van der Waals surface area contributed by atoms with E-state index in [2.05, 4.69) is 17.0 Å². The monoisotopic (exact) mass is 330 g/mol. The molecule has 2 N–H and O–H groups in total. The SMILES string of the molecule is CCSCC(C)NS(=O)(=O)c1ccccc1CNC(C)C. The summed E-state index contributed by atoms with van der Waals surface area (Å²) in [6.45, 7) is 8.60. The zero-order valence-electron chi connectivity index (χ0n) is 13.2. The van der Waals surface area contributed by atoms with E-state index in [-0.39, 0.29) is 6.04 Å². The second kappa shape index (κ2) is 8.78. The van der Waals surface area contributed by atoms with Crippen LogP contribution < -0.4 is 10.0 Å². The molecule has 1 unspecified atom stereocenters. The molecule has 1 aromatic carbocycles. The smallest absolute Gasteiger partial charge is 0.241 e. The highest BCUT2D eigenvalue weighted by molar-refractivity contribution is 7.99. The second-order valence-electron chi connectivity index (χ2n) is 5.33. The summed E-state index contributed by atoms with van der Waals surface area (Å²) in [5, 5.41) is 3.27. The first-order valence-corrected chi connectivity index (χ1v) is 9.92. The van der Waals surface area contributed by atoms with Gasteiger partial charge in [-0.2, -0.15) is 11.8 Å². The minimum Gasteiger partial charge on any atom is -0.310 e. The van der Waals surface area contributed by atoms with Crippen molar-refractivity contribution in [3.05, 3.63) is 29.8 Å². The Balaban J connectivity index is 2.87. The Morgan fingerprint density at radius 2 is 1.86 bits per heavy atom. The van der Waals surface area contributed by atoms with Gasteiger partial charge in [0.05, 0.1) is 4.90 Å². The zero-order chi connectivity index (χ0) is 15.9. The average Bonchev–Trinajstić information content (AvgIpc) is 2.42. The Morgan fingerprint density at radius 3 is 2.48 bits per heavy atom. The maximum Gasteiger partial charge on any atom is 0.241 e. The number of benzene rings is 1. The summed E-state index contributed by atoms with van der Waals surface area (Å²) in [5.41, 5.74) is 0.800. The van der Waals surface area contributed by atoms with Crippen molar-refractivity contribution in [2.45, 2.75) is 51.2 Å². The molecular weight excluding hydrogens is 304 g/mol. The van der Waals surface area contributed by atoms with E-state index < -0.39 is 10.0 Å². The van der Waals surface area contributed by atoms with E-state index in [1.807, 2.05) is 32.9 Å². The fraction of sp³-hybridized carbons (Fsp3) is 0.600. The molecule has 1 rings (SSSR count). The van der Waals surface area contributed by atoms with Crippen LogP contribution in [0.5, 0.6) is 0 Å².